The maximum Gasteiger partial charge on any atom is 0.292 e. The topological polar surface area (TPSA) is 83.7 Å². The van der Waals surface area contributed by atoms with Gasteiger partial charge in [0.1, 0.15) is 4.21 Å². The summed E-state index contributed by atoms with van der Waals surface area (Å²) in [4.78, 5) is 13.8. The predicted octanol–water partition coefficient (Wildman–Crippen LogP) is 1.84. The van der Waals surface area contributed by atoms with Crippen LogP contribution in [0.5, 0.6) is 0 Å². The van der Waals surface area contributed by atoms with Crippen LogP contribution in [-0.4, -0.2) is 54.9 Å². The number of piperazine rings is 1. The van der Waals surface area contributed by atoms with Gasteiger partial charge in [0.2, 0.25) is 5.76 Å². The molecular weight excluding hydrogens is 362 g/mol. The molecule has 3 heterocycles. The Hall–Kier alpha value is -1.42. The van der Waals surface area contributed by atoms with Crippen molar-refractivity contribution in [2.24, 2.45) is 0 Å². The van der Waals surface area contributed by atoms with Gasteiger partial charge in [-0.3, -0.25) is 4.79 Å². The molecule has 1 fully saturated rings. The van der Waals surface area contributed by atoms with Gasteiger partial charge in [-0.1, -0.05) is 16.8 Å². The normalized spacial score (nSPS) is 16.7. The third kappa shape index (κ3) is 3.27. The fourth-order valence-electron chi connectivity index (χ4n) is 2.32. The molecule has 1 aliphatic heterocycles. The minimum Gasteiger partial charge on any atom is -0.351 e. The largest absolute Gasteiger partial charge is 0.351 e. The fraction of sp³-hybridized carbons (Fsp3) is 0.385. The van der Waals surface area contributed by atoms with E-state index in [0.717, 1.165) is 11.3 Å². The highest BCUT2D eigenvalue weighted by Gasteiger charge is 2.32. The van der Waals surface area contributed by atoms with E-state index in [0.29, 0.717) is 23.1 Å². The average molecular weight is 376 g/mol. The molecule has 0 aliphatic carbocycles. The van der Waals surface area contributed by atoms with Gasteiger partial charge in [0.05, 0.1) is 10.0 Å². The summed E-state index contributed by atoms with van der Waals surface area (Å²) in [5.74, 6) is -0.106. The van der Waals surface area contributed by atoms with Crippen LogP contribution >= 0.6 is 22.9 Å². The van der Waals surface area contributed by atoms with E-state index in [1.54, 1.807) is 24.0 Å². The number of amides is 1. The number of rotatable bonds is 3. The van der Waals surface area contributed by atoms with E-state index in [2.05, 4.69) is 5.16 Å². The zero-order chi connectivity index (χ0) is 16.6. The number of halogens is 1. The second-order valence-corrected chi connectivity index (χ2v) is 8.97. The van der Waals surface area contributed by atoms with E-state index in [1.807, 2.05) is 0 Å². The first-order valence-electron chi connectivity index (χ1n) is 6.86. The zero-order valence-corrected chi connectivity index (χ0v) is 14.6. The molecule has 2 aromatic heterocycles. The first kappa shape index (κ1) is 16.4. The zero-order valence-electron chi connectivity index (χ0n) is 12.2. The molecule has 3 rings (SSSR count). The van der Waals surface area contributed by atoms with E-state index < -0.39 is 10.0 Å². The molecule has 0 spiro atoms. The Bertz CT molecular complexity index is 822. The van der Waals surface area contributed by atoms with Crippen LogP contribution in [0.4, 0.5) is 0 Å². The van der Waals surface area contributed by atoms with Gasteiger partial charge in [-0.05, 0) is 19.1 Å². The fourth-order valence-corrected chi connectivity index (χ4v) is 5.37. The Morgan fingerprint density at radius 3 is 2.52 bits per heavy atom. The molecule has 124 valence electrons. The van der Waals surface area contributed by atoms with Gasteiger partial charge in [-0.25, -0.2) is 8.42 Å². The second-order valence-electron chi connectivity index (χ2n) is 5.09. The number of aryl methyl sites for hydroxylation is 1. The number of aromatic nitrogens is 1. The summed E-state index contributed by atoms with van der Waals surface area (Å²) in [5.41, 5.74) is 0.629. The Balaban J connectivity index is 1.67. The van der Waals surface area contributed by atoms with E-state index in [1.165, 1.54) is 10.4 Å². The van der Waals surface area contributed by atoms with E-state index >= 15 is 0 Å². The maximum absolute atomic E-state index is 12.5. The third-order valence-corrected chi connectivity index (χ3v) is 7.10. The first-order chi connectivity index (χ1) is 10.9. The highest BCUT2D eigenvalue weighted by atomic mass is 35.5. The van der Waals surface area contributed by atoms with Crippen LogP contribution < -0.4 is 0 Å². The predicted molar refractivity (Wildman–Crippen MR) is 85.2 cm³/mol. The molecule has 0 saturated carbocycles. The monoisotopic (exact) mass is 375 g/mol. The van der Waals surface area contributed by atoms with Crippen molar-refractivity contribution in [1.82, 2.24) is 14.4 Å². The van der Waals surface area contributed by atoms with Crippen LogP contribution in [0.2, 0.25) is 4.34 Å². The molecule has 23 heavy (non-hydrogen) atoms. The van der Waals surface area contributed by atoms with Crippen molar-refractivity contribution in [2.45, 2.75) is 11.1 Å². The van der Waals surface area contributed by atoms with Crippen LogP contribution in [0.1, 0.15) is 16.2 Å². The summed E-state index contributed by atoms with van der Waals surface area (Å²) in [6, 6.07) is 4.63. The number of carbonyl (C=O) groups excluding carboxylic acids is 1. The lowest BCUT2D eigenvalue weighted by atomic mass is 10.3. The molecule has 0 atom stereocenters. The number of sulfonamides is 1. The minimum atomic E-state index is -3.56. The number of nitrogens with zero attached hydrogens (tertiary/aromatic N) is 3. The average Bonchev–Trinajstić information content (AvgIpc) is 3.15. The van der Waals surface area contributed by atoms with Gasteiger partial charge in [0, 0.05) is 32.2 Å². The molecule has 0 N–H and O–H groups in total. The summed E-state index contributed by atoms with van der Waals surface area (Å²) in [6.45, 7) is 2.80. The van der Waals surface area contributed by atoms with E-state index in [9.17, 15) is 13.2 Å². The molecule has 0 radical (unpaired) electrons. The Morgan fingerprint density at radius 1 is 1.30 bits per heavy atom. The van der Waals surface area contributed by atoms with Gasteiger partial charge >= 0.3 is 0 Å². The second kappa shape index (κ2) is 6.23. The van der Waals surface area contributed by atoms with Crippen LogP contribution in [0.15, 0.2) is 26.9 Å². The molecule has 1 amide bonds. The number of carbonyl (C=O) groups is 1. The minimum absolute atomic E-state index is 0.170. The van der Waals surface area contributed by atoms with Crippen LogP contribution in [0.25, 0.3) is 0 Å². The lowest BCUT2D eigenvalue weighted by Crippen LogP contribution is -2.50. The van der Waals surface area contributed by atoms with E-state index in [4.69, 9.17) is 16.1 Å². The van der Waals surface area contributed by atoms with Gasteiger partial charge in [-0.15, -0.1) is 11.3 Å². The number of thiophene rings is 1. The molecule has 10 heteroatoms. The van der Waals surface area contributed by atoms with Crippen molar-refractivity contribution in [3.05, 3.63) is 34.0 Å². The SMILES string of the molecule is Cc1cc(C(=O)N2CCN(S(=O)(=O)c3ccc(Cl)s3)CC2)on1. The summed E-state index contributed by atoms with van der Waals surface area (Å²) < 4.78 is 32.0. The Morgan fingerprint density at radius 2 is 2.00 bits per heavy atom. The van der Waals surface area contributed by atoms with Gasteiger partial charge in [0.15, 0.2) is 0 Å². The quantitative estimate of drug-likeness (QED) is 0.817. The number of hydrogen-bond acceptors (Lipinski definition) is 6. The molecule has 0 unspecified atom stereocenters. The molecular formula is C13H14ClN3O4S2. The summed E-state index contributed by atoms with van der Waals surface area (Å²) in [5, 5.41) is 3.69. The van der Waals surface area contributed by atoms with Crippen molar-refractivity contribution in [1.29, 1.82) is 0 Å². The molecule has 0 aromatic carbocycles. The summed E-state index contributed by atoms with van der Waals surface area (Å²) in [6.07, 6.45) is 0. The Labute approximate surface area is 142 Å². The highest BCUT2D eigenvalue weighted by molar-refractivity contribution is 7.91. The maximum atomic E-state index is 12.5. The molecule has 0 bridgehead atoms. The van der Waals surface area contributed by atoms with Gasteiger partial charge < -0.3 is 9.42 Å². The molecule has 1 saturated heterocycles. The molecule has 7 nitrogen and oxygen atoms in total. The van der Waals surface area contributed by atoms with Crippen molar-refractivity contribution >= 4 is 38.9 Å². The lowest BCUT2D eigenvalue weighted by Gasteiger charge is -2.33. The van der Waals surface area contributed by atoms with Gasteiger partial charge in [-0.2, -0.15) is 4.31 Å². The summed E-state index contributed by atoms with van der Waals surface area (Å²) >= 11 is 6.83. The molecule has 1 aliphatic rings. The standard InChI is InChI=1S/C13H14ClN3O4S2/c1-9-8-10(21-15-9)13(18)16-4-6-17(7-5-16)23(19,20)12-3-2-11(14)22-12/h2-3,8H,4-7H2,1H3. The summed E-state index contributed by atoms with van der Waals surface area (Å²) in [7, 11) is -3.56. The van der Waals surface area contributed by atoms with Crippen LogP contribution in [0.3, 0.4) is 0 Å². The highest BCUT2D eigenvalue weighted by Crippen LogP contribution is 2.28. The van der Waals surface area contributed by atoms with Crippen LogP contribution in [-0.2, 0) is 10.0 Å². The van der Waals surface area contributed by atoms with Crippen LogP contribution in [0, 0.1) is 6.92 Å². The smallest absolute Gasteiger partial charge is 0.292 e. The van der Waals surface area contributed by atoms with E-state index in [-0.39, 0.29) is 29.0 Å². The van der Waals surface area contributed by atoms with Crippen molar-refractivity contribution < 1.29 is 17.7 Å². The first-order valence-corrected chi connectivity index (χ1v) is 9.49. The Kier molecular flexibility index (Phi) is 4.45. The number of hydrogen-bond donors (Lipinski definition) is 0. The lowest BCUT2D eigenvalue weighted by molar-refractivity contribution is 0.0656. The molecule has 2 aromatic rings. The van der Waals surface area contributed by atoms with Gasteiger partial charge in [0.25, 0.3) is 15.9 Å². The van der Waals surface area contributed by atoms with Crippen molar-refractivity contribution in [2.75, 3.05) is 26.2 Å². The third-order valence-electron chi connectivity index (χ3n) is 3.51. The van der Waals surface area contributed by atoms with Crippen molar-refractivity contribution in [3.63, 3.8) is 0 Å². The van der Waals surface area contributed by atoms with Crippen molar-refractivity contribution in [3.8, 4) is 0 Å².